The normalized spacial score (nSPS) is 15.0. The van der Waals surface area contributed by atoms with E-state index in [0.29, 0.717) is 41.7 Å². The number of non-ortho nitro benzene ring substituents is 2. The van der Waals surface area contributed by atoms with Gasteiger partial charge in [0.1, 0.15) is 19.6 Å². The van der Waals surface area contributed by atoms with Gasteiger partial charge in [-0.3, -0.25) is 34.6 Å². The van der Waals surface area contributed by atoms with Crippen LogP contribution in [-0.2, 0) is 34.0 Å². The van der Waals surface area contributed by atoms with Crippen LogP contribution in [-0.4, -0.2) is 89.4 Å². The number of likely N-dealkylation sites (N-methyl/N-ethyl adjacent to an activating group) is 1. The van der Waals surface area contributed by atoms with Crippen LogP contribution in [0.4, 0.5) is 11.4 Å². The highest BCUT2D eigenvalue weighted by molar-refractivity contribution is 5.88. The number of amides is 3. The summed E-state index contributed by atoms with van der Waals surface area (Å²) >= 11 is 0. The van der Waals surface area contributed by atoms with E-state index < -0.39 is 15.8 Å². The van der Waals surface area contributed by atoms with E-state index in [4.69, 9.17) is 0 Å². The summed E-state index contributed by atoms with van der Waals surface area (Å²) in [4.78, 5) is 59.3. The maximum atomic E-state index is 12.9. The van der Waals surface area contributed by atoms with Crippen LogP contribution >= 0.6 is 0 Å². The first-order chi connectivity index (χ1) is 23.4. The Kier molecular flexibility index (Phi) is 12.9. The molecule has 1 unspecified atom stereocenters. The zero-order valence-corrected chi connectivity index (χ0v) is 27.8. The van der Waals surface area contributed by atoms with Crippen molar-refractivity contribution in [3.8, 4) is 0 Å². The van der Waals surface area contributed by atoms with Gasteiger partial charge in [0.15, 0.2) is 6.54 Å². The molecule has 14 heteroatoms. The lowest BCUT2D eigenvalue weighted by molar-refractivity contribution is -0.938. The van der Waals surface area contributed by atoms with Gasteiger partial charge < -0.3 is 24.9 Å². The van der Waals surface area contributed by atoms with Crippen LogP contribution in [0, 0.1) is 20.2 Å². The fraction of sp³-hybridized carbons (Fsp3) is 0.400. The van der Waals surface area contributed by atoms with Crippen LogP contribution in [0.5, 0.6) is 0 Å². The standard InChI is InChI=1S/C35H43N7O7/c1-41(24-28-8-4-2-5-9-28,25-29-10-14-31(15-11-29)39(46)47)21-18-36-33(43)22-37-34(44)23-38-35(45)27-42(19-6-3-7-20-42)26-30-12-16-32(17-13-30)40(48)49/h2,4-5,8-17H,3,6-7,18-27H2,1H3,(H-2,36,37,38,43,44,45)/p+2. The number of hydrogen-bond donors (Lipinski definition) is 3. The van der Waals surface area contributed by atoms with Crippen molar-refractivity contribution in [2.24, 2.45) is 0 Å². The third-order valence-corrected chi connectivity index (χ3v) is 8.89. The van der Waals surface area contributed by atoms with Crippen molar-refractivity contribution in [2.45, 2.75) is 38.9 Å². The predicted molar refractivity (Wildman–Crippen MR) is 183 cm³/mol. The quantitative estimate of drug-likeness (QED) is 0.112. The van der Waals surface area contributed by atoms with E-state index in [9.17, 15) is 34.6 Å². The maximum Gasteiger partial charge on any atom is 0.275 e. The molecule has 4 rings (SSSR count). The number of carbonyl (C=O) groups is 3. The molecular weight excluding hydrogens is 630 g/mol. The highest BCUT2D eigenvalue weighted by Gasteiger charge is 2.33. The molecule has 1 aliphatic rings. The van der Waals surface area contributed by atoms with E-state index >= 15 is 0 Å². The van der Waals surface area contributed by atoms with Gasteiger partial charge in [-0.15, -0.1) is 0 Å². The highest BCUT2D eigenvalue weighted by atomic mass is 16.6. The third-order valence-electron chi connectivity index (χ3n) is 8.89. The lowest BCUT2D eigenvalue weighted by atomic mass is 10.0. The number of quaternary nitrogens is 2. The summed E-state index contributed by atoms with van der Waals surface area (Å²) in [5.41, 5.74) is 3.01. The van der Waals surface area contributed by atoms with Crippen molar-refractivity contribution in [2.75, 3.05) is 52.9 Å². The average molecular weight is 676 g/mol. The average Bonchev–Trinajstić information content (AvgIpc) is 3.07. The monoisotopic (exact) mass is 675 g/mol. The molecule has 3 amide bonds. The molecule has 3 aromatic carbocycles. The number of nitrogens with zero attached hydrogens (tertiary/aromatic N) is 4. The van der Waals surface area contributed by atoms with Gasteiger partial charge >= 0.3 is 0 Å². The summed E-state index contributed by atoms with van der Waals surface area (Å²) < 4.78 is 1.05. The van der Waals surface area contributed by atoms with Gasteiger partial charge in [0.2, 0.25) is 11.8 Å². The Morgan fingerprint density at radius 3 is 1.71 bits per heavy atom. The molecule has 0 bridgehead atoms. The number of hydrogen-bond acceptors (Lipinski definition) is 7. The Morgan fingerprint density at radius 2 is 1.16 bits per heavy atom. The van der Waals surface area contributed by atoms with Gasteiger partial charge in [-0.25, -0.2) is 0 Å². The Balaban J connectivity index is 1.22. The van der Waals surface area contributed by atoms with E-state index in [2.05, 4.69) is 23.0 Å². The molecule has 0 aromatic heterocycles. The van der Waals surface area contributed by atoms with Crippen LogP contribution in [0.1, 0.15) is 36.0 Å². The fourth-order valence-corrected chi connectivity index (χ4v) is 6.38. The van der Waals surface area contributed by atoms with Gasteiger partial charge in [-0.05, 0) is 43.5 Å². The van der Waals surface area contributed by atoms with E-state index in [1.54, 1.807) is 24.3 Å². The van der Waals surface area contributed by atoms with Gasteiger partial charge in [0.05, 0.1) is 56.2 Å². The molecule has 0 spiro atoms. The maximum absolute atomic E-state index is 12.9. The lowest BCUT2D eigenvalue weighted by Gasteiger charge is -2.41. The lowest BCUT2D eigenvalue weighted by Crippen LogP contribution is -2.56. The first-order valence-corrected chi connectivity index (χ1v) is 16.4. The zero-order valence-electron chi connectivity index (χ0n) is 27.8. The van der Waals surface area contributed by atoms with E-state index in [1.807, 2.05) is 30.3 Å². The van der Waals surface area contributed by atoms with E-state index in [1.165, 1.54) is 24.3 Å². The molecule has 1 heterocycles. The molecule has 0 saturated carbocycles. The number of likely N-dealkylation sites (tertiary alicyclic amines) is 1. The minimum absolute atomic E-state index is 0.0202. The first-order valence-electron chi connectivity index (χ1n) is 16.4. The molecular formula is C35H45N7O7+2. The van der Waals surface area contributed by atoms with Crippen LogP contribution in [0.15, 0.2) is 78.9 Å². The summed E-state index contributed by atoms with van der Waals surface area (Å²) in [7, 11) is 2.06. The highest BCUT2D eigenvalue weighted by Crippen LogP contribution is 2.24. The molecule has 49 heavy (non-hydrogen) atoms. The van der Waals surface area contributed by atoms with E-state index in [0.717, 1.165) is 49.0 Å². The Bertz CT molecular complexity index is 1590. The Hall–Kier alpha value is -5.21. The number of piperidine rings is 1. The molecule has 0 aliphatic carbocycles. The smallest absolute Gasteiger partial charge is 0.275 e. The van der Waals surface area contributed by atoms with Crippen molar-refractivity contribution in [3.63, 3.8) is 0 Å². The number of benzene rings is 3. The van der Waals surface area contributed by atoms with Gasteiger partial charge in [-0.1, -0.05) is 30.3 Å². The minimum atomic E-state index is -0.480. The molecule has 260 valence electrons. The van der Waals surface area contributed by atoms with Gasteiger partial charge in [-0.2, -0.15) is 0 Å². The second kappa shape index (κ2) is 17.3. The second-order valence-electron chi connectivity index (χ2n) is 13.1. The van der Waals surface area contributed by atoms with Crippen LogP contribution in [0.25, 0.3) is 0 Å². The largest absolute Gasteiger partial charge is 0.349 e. The van der Waals surface area contributed by atoms with Gasteiger partial charge in [0, 0.05) is 41.0 Å². The fourth-order valence-electron chi connectivity index (χ4n) is 6.38. The molecule has 3 N–H and O–H groups in total. The molecule has 0 radical (unpaired) electrons. The first kappa shape index (κ1) is 36.6. The Labute approximate surface area is 285 Å². The number of rotatable bonds is 17. The molecule has 1 fully saturated rings. The zero-order chi connectivity index (χ0) is 35.3. The summed E-state index contributed by atoms with van der Waals surface area (Å²) in [5.74, 6) is -1.11. The summed E-state index contributed by atoms with van der Waals surface area (Å²) in [5, 5.41) is 30.2. The third kappa shape index (κ3) is 11.8. The van der Waals surface area contributed by atoms with Crippen molar-refractivity contribution in [3.05, 3.63) is 116 Å². The number of nitro benzene ring substituents is 2. The minimum Gasteiger partial charge on any atom is -0.349 e. The molecule has 1 atom stereocenters. The number of carbonyl (C=O) groups excluding carboxylic acids is 3. The SMILES string of the molecule is C[N+](CCNC(=O)CNC(=O)CNC(=O)C[N+]1(Cc2ccc([N+](=O)[O-])cc2)CCCCC1)(Cc1ccccc1)Cc1ccc([N+](=O)[O-])cc1. The summed E-state index contributed by atoms with van der Waals surface area (Å²) in [6, 6.07) is 22.8. The number of nitrogens with one attached hydrogen (secondary N) is 3. The van der Waals surface area contributed by atoms with Crippen molar-refractivity contribution < 1.29 is 33.2 Å². The Morgan fingerprint density at radius 1 is 0.673 bits per heavy atom. The molecule has 3 aromatic rings. The predicted octanol–water partition coefficient (Wildman–Crippen LogP) is 3.20. The number of nitro groups is 2. The summed E-state index contributed by atoms with van der Waals surface area (Å²) in [6.07, 6.45) is 3.02. The molecule has 1 saturated heterocycles. The summed E-state index contributed by atoms with van der Waals surface area (Å²) in [6.45, 7) is 4.04. The topological polar surface area (TPSA) is 174 Å². The van der Waals surface area contributed by atoms with Gasteiger partial charge in [0.25, 0.3) is 17.3 Å². The van der Waals surface area contributed by atoms with Crippen molar-refractivity contribution in [1.82, 2.24) is 16.0 Å². The van der Waals surface area contributed by atoms with Crippen molar-refractivity contribution in [1.29, 1.82) is 0 Å². The molecule has 14 nitrogen and oxygen atoms in total. The second-order valence-corrected chi connectivity index (χ2v) is 13.1. The van der Waals surface area contributed by atoms with Crippen molar-refractivity contribution >= 4 is 29.1 Å². The molecule has 1 aliphatic heterocycles. The van der Waals surface area contributed by atoms with E-state index in [-0.39, 0.29) is 42.8 Å². The van der Waals surface area contributed by atoms with Crippen LogP contribution in [0.3, 0.4) is 0 Å². The van der Waals surface area contributed by atoms with Crippen LogP contribution in [0.2, 0.25) is 0 Å². The van der Waals surface area contributed by atoms with Crippen LogP contribution < -0.4 is 16.0 Å².